The minimum absolute atomic E-state index is 0.111. The number of rotatable bonds is 5. The van der Waals surface area contributed by atoms with Gasteiger partial charge in [0.05, 0.1) is 5.66 Å². The number of hydrogen-bond donors (Lipinski definition) is 0. The number of nitrogens with zero attached hydrogens (tertiary/aromatic N) is 1. The van der Waals surface area contributed by atoms with Gasteiger partial charge in [-0.25, -0.2) is 4.98 Å². The molecule has 0 saturated carbocycles. The number of aromatic nitrogens is 1. The molecule has 0 spiro atoms. The van der Waals surface area contributed by atoms with Crippen LogP contribution in [0.15, 0.2) is 134 Å². The maximum atomic E-state index is 6.70. The molecule has 34 heavy (non-hydrogen) atoms. The highest BCUT2D eigenvalue weighted by molar-refractivity contribution is 7.73. The molecular formula is C31H24NOP. The molecule has 164 valence electrons. The van der Waals surface area contributed by atoms with Gasteiger partial charge in [0.2, 0.25) is 5.88 Å². The van der Waals surface area contributed by atoms with Gasteiger partial charge in [-0.1, -0.05) is 121 Å². The first-order chi connectivity index (χ1) is 16.9. The van der Waals surface area contributed by atoms with Crippen molar-refractivity contribution in [1.29, 1.82) is 0 Å². The van der Waals surface area contributed by atoms with Crippen molar-refractivity contribution >= 4 is 18.5 Å². The van der Waals surface area contributed by atoms with Crippen LogP contribution in [0.25, 0.3) is 11.1 Å². The molecule has 0 fully saturated rings. The summed E-state index contributed by atoms with van der Waals surface area (Å²) in [6, 6.07) is 45.1. The lowest BCUT2D eigenvalue weighted by Crippen LogP contribution is -2.20. The topological polar surface area (TPSA) is 22.1 Å². The minimum Gasteiger partial charge on any atom is -0.468 e. The van der Waals surface area contributed by atoms with Crippen LogP contribution in [0.2, 0.25) is 0 Å². The van der Waals surface area contributed by atoms with E-state index in [2.05, 4.69) is 127 Å². The zero-order valence-electron chi connectivity index (χ0n) is 18.7. The van der Waals surface area contributed by atoms with E-state index in [-0.39, 0.29) is 11.8 Å². The molecule has 0 amide bonds. The first-order valence-electron chi connectivity index (χ1n) is 11.6. The fourth-order valence-corrected chi connectivity index (χ4v) is 7.78. The second-order valence-electron chi connectivity index (χ2n) is 8.38. The van der Waals surface area contributed by atoms with Gasteiger partial charge in [-0.05, 0) is 41.3 Å². The molecule has 5 aromatic rings. The molecule has 1 aliphatic heterocycles. The Kier molecular flexibility index (Phi) is 5.67. The van der Waals surface area contributed by atoms with Gasteiger partial charge in [0, 0.05) is 11.8 Å². The molecule has 2 heterocycles. The average molecular weight is 458 g/mol. The van der Waals surface area contributed by atoms with E-state index in [0.717, 1.165) is 5.88 Å². The Balaban J connectivity index is 1.61. The Morgan fingerprint density at radius 2 is 1.12 bits per heavy atom. The molecule has 0 radical (unpaired) electrons. The number of hydrogen-bond acceptors (Lipinski definition) is 2. The second-order valence-corrected chi connectivity index (χ2v) is 10.7. The predicted octanol–water partition coefficient (Wildman–Crippen LogP) is 7.06. The van der Waals surface area contributed by atoms with E-state index >= 15 is 0 Å². The summed E-state index contributed by atoms with van der Waals surface area (Å²) >= 11 is 0. The summed E-state index contributed by atoms with van der Waals surface area (Å²) in [6.07, 6.45) is 1.76. The molecule has 2 nitrogen and oxygen atoms in total. The average Bonchev–Trinajstić information content (AvgIpc) is 3.31. The van der Waals surface area contributed by atoms with E-state index in [9.17, 15) is 0 Å². The van der Waals surface area contributed by atoms with Gasteiger partial charge in [0.1, 0.15) is 6.10 Å². The molecule has 3 heteroatoms. The normalized spacial score (nSPS) is 16.7. The fourth-order valence-electron chi connectivity index (χ4n) is 4.84. The molecular weight excluding hydrogens is 433 g/mol. The third-order valence-corrected chi connectivity index (χ3v) is 9.13. The Bertz CT molecular complexity index is 1340. The summed E-state index contributed by atoms with van der Waals surface area (Å²) in [5.74, 6) is 0.750. The first kappa shape index (κ1) is 20.8. The van der Waals surface area contributed by atoms with Crippen molar-refractivity contribution in [3.05, 3.63) is 145 Å². The lowest BCUT2D eigenvalue weighted by Gasteiger charge is -2.30. The SMILES string of the molecule is c1ccc(-c2ccnc3c2C(P(c2ccccc2)c2ccccc2)C(c2ccccc2)O3)cc1. The van der Waals surface area contributed by atoms with Crippen LogP contribution in [0, 0.1) is 0 Å². The summed E-state index contributed by atoms with van der Waals surface area (Å²) in [5, 5.41) is 2.68. The smallest absolute Gasteiger partial charge is 0.218 e. The summed E-state index contributed by atoms with van der Waals surface area (Å²) in [6.45, 7) is 0. The van der Waals surface area contributed by atoms with Gasteiger partial charge in [-0.15, -0.1) is 0 Å². The van der Waals surface area contributed by atoms with Crippen molar-refractivity contribution in [1.82, 2.24) is 4.98 Å². The van der Waals surface area contributed by atoms with Crippen LogP contribution in [0.3, 0.4) is 0 Å². The van der Waals surface area contributed by atoms with Crippen LogP contribution in [0.4, 0.5) is 0 Å². The van der Waals surface area contributed by atoms with Crippen LogP contribution >= 0.6 is 7.92 Å². The Morgan fingerprint density at radius 3 is 1.71 bits per heavy atom. The molecule has 2 atom stereocenters. The zero-order valence-corrected chi connectivity index (χ0v) is 19.6. The highest BCUT2D eigenvalue weighted by atomic mass is 31.1. The first-order valence-corrected chi connectivity index (χ1v) is 13.0. The van der Waals surface area contributed by atoms with E-state index in [1.807, 2.05) is 6.20 Å². The van der Waals surface area contributed by atoms with Crippen LogP contribution in [-0.2, 0) is 0 Å². The van der Waals surface area contributed by atoms with Gasteiger partial charge in [-0.2, -0.15) is 0 Å². The van der Waals surface area contributed by atoms with Crippen LogP contribution < -0.4 is 15.3 Å². The summed E-state index contributed by atoms with van der Waals surface area (Å²) in [7, 11) is -0.773. The van der Waals surface area contributed by atoms with Crippen molar-refractivity contribution in [2.24, 2.45) is 0 Å². The van der Waals surface area contributed by atoms with Crippen molar-refractivity contribution < 1.29 is 4.74 Å². The Hall–Kier alpha value is -3.74. The van der Waals surface area contributed by atoms with E-state index in [1.165, 1.54) is 32.9 Å². The zero-order chi connectivity index (χ0) is 22.7. The monoisotopic (exact) mass is 457 g/mol. The predicted molar refractivity (Wildman–Crippen MR) is 141 cm³/mol. The van der Waals surface area contributed by atoms with Crippen LogP contribution in [0.1, 0.15) is 22.9 Å². The van der Waals surface area contributed by atoms with Gasteiger partial charge in [0.15, 0.2) is 0 Å². The molecule has 0 N–H and O–H groups in total. The van der Waals surface area contributed by atoms with Gasteiger partial charge in [-0.3, -0.25) is 0 Å². The number of pyridine rings is 1. The molecule has 1 aliphatic rings. The quantitative estimate of drug-likeness (QED) is 0.264. The van der Waals surface area contributed by atoms with E-state index in [4.69, 9.17) is 9.72 Å². The molecule has 1 aromatic heterocycles. The van der Waals surface area contributed by atoms with E-state index < -0.39 is 7.92 Å². The van der Waals surface area contributed by atoms with Crippen molar-refractivity contribution in [3.63, 3.8) is 0 Å². The maximum absolute atomic E-state index is 6.70. The van der Waals surface area contributed by atoms with E-state index in [0.29, 0.717) is 0 Å². The third kappa shape index (κ3) is 3.81. The Morgan fingerprint density at radius 1 is 0.588 bits per heavy atom. The second kappa shape index (κ2) is 9.25. The summed E-state index contributed by atoms with van der Waals surface area (Å²) in [5.41, 5.74) is 4.92. The fraction of sp³-hybridized carbons (Fsp3) is 0.0645. The molecule has 4 aromatic carbocycles. The lowest BCUT2D eigenvalue weighted by atomic mass is 9.96. The number of fused-ring (bicyclic) bond motifs is 1. The Labute approximate surface area is 201 Å². The standard InChI is InChI=1S/C31H24NOP/c1-5-13-23(14-6-1)27-21-22-32-31-28(27)30(29(33-31)24-15-7-2-8-16-24)34(25-17-9-3-10-18-25)26-19-11-4-12-20-26/h1-22,29-30H. The third-order valence-electron chi connectivity index (χ3n) is 6.33. The van der Waals surface area contributed by atoms with Crippen LogP contribution in [0.5, 0.6) is 5.88 Å². The minimum atomic E-state index is -0.773. The highest BCUT2D eigenvalue weighted by Crippen LogP contribution is 2.63. The number of ether oxygens (including phenoxy) is 1. The highest BCUT2D eigenvalue weighted by Gasteiger charge is 2.44. The molecule has 2 unspecified atom stereocenters. The molecule has 6 rings (SSSR count). The van der Waals surface area contributed by atoms with Gasteiger partial charge >= 0.3 is 0 Å². The molecule has 0 aliphatic carbocycles. The van der Waals surface area contributed by atoms with Crippen LogP contribution in [-0.4, -0.2) is 4.98 Å². The summed E-state index contributed by atoms with van der Waals surface area (Å²) < 4.78 is 6.70. The van der Waals surface area contributed by atoms with Crippen molar-refractivity contribution in [2.45, 2.75) is 11.8 Å². The number of benzene rings is 4. The van der Waals surface area contributed by atoms with Gasteiger partial charge < -0.3 is 4.74 Å². The molecule has 0 saturated heterocycles. The largest absolute Gasteiger partial charge is 0.468 e. The van der Waals surface area contributed by atoms with Crippen molar-refractivity contribution in [3.8, 4) is 17.0 Å². The summed E-state index contributed by atoms with van der Waals surface area (Å²) in [4.78, 5) is 4.73. The molecule has 0 bridgehead atoms. The van der Waals surface area contributed by atoms with Gasteiger partial charge in [0.25, 0.3) is 0 Å². The van der Waals surface area contributed by atoms with Crippen molar-refractivity contribution in [2.75, 3.05) is 0 Å². The maximum Gasteiger partial charge on any atom is 0.218 e. The van der Waals surface area contributed by atoms with E-state index in [1.54, 1.807) is 0 Å². The lowest BCUT2D eigenvalue weighted by molar-refractivity contribution is 0.227.